The van der Waals surface area contributed by atoms with E-state index in [4.69, 9.17) is 0 Å². The highest BCUT2D eigenvalue weighted by molar-refractivity contribution is 5.18. The van der Waals surface area contributed by atoms with Gasteiger partial charge in [-0.25, -0.2) is 5.32 Å². The zero-order valence-corrected chi connectivity index (χ0v) is 7.12. The molecule has 0 aliphatic carbocycles. The average Bonchev–Trinajstić information content (AvgIpc) is 2.09. The number of hydrogen-bond donors (Lipinski definition) is 0. The van der Waals surface area contributed by atoms with Crippen LogP contribution in [0.1, 0.15) is 24.9 Å². The molecule has 11 heavy (non-hydrogen) atoms. The lowest BCUT2D eigenvalue weighted by molar-refractivity contribution is 0.566. The van der Waals surface area contributed by atoms with E-state index < -0.39 is 0 Å². The van der Waals surface area contributed by atoms with Crippen LogP contribution < -0.4 is 5.32 Å². The highest BCUT2D eigenvalue weighted by Gasteiger charge is 2.04. The van der Waals surface area contributed by atoms with Crippen molar-refractivity contribution in [3.05, 3.63) is 35.9 Å². The molecule has 1 heteroatoms. The molecule has 0 saturated heterocycles. The molecule has 0 bridgehead atoms. The van der Waals surface area contributed by atoms with Crippen LogP contribution in [0.3, 0.4) is 0 Å². The Morgan fingerprint density at radius 3 is 2.36 bits per heavy atom. The predicted molar refractivity (Wildman–Crippen MR) is 47.5 cm³/mol. The molecule has 0 unspecified atom stereocenters. The summed E-state index contributed by atoms with van der Waals surface area (Å²) in [6, 6.07) is 10.8. The Morgan fingerprint density at radius 1 is 1.27 bits per heavy atom. The van der Waals surface area contributed by atoms with Crippen molar-refractivity contribution in [1.82, 2.24) is 5.32 Å². The van der Waals surface area contributed by atoms with Crippen LogP contribution in [-0.2, 0) is 0 Å². The molecule has 0 aliphatic rings. The topological polar surface area (TPSA) is 14.1 Å². The van der Waals surface area contributed by atoms with Crippen LogP contribution in [0, 0.1) is 0 Å². The van der Waals surface area contributed by atoms with Gasteiger partial charge in [-0.1, -0.05) is 37.3 Å². The SMILES string of the molecule is CC[C@@H]([N]C)c1ccccc1. The lowest BCUT2D eigenvalue weighted by Gasteiger charge is -2.11. The Morgan fingerprint density at radius 2 is 1.91 bits per heavy atom. The van der Waals surface area contributed by atoms with Gasteiger partial charge in [0.25, 0.3) is 0 Å². The molecule has 59 valence electrons. The largest absolute Gasteiger partial charge is 0.237 e. The second kappa shape index (κ2) is 4.14. The van der Waals surface area contributed by atoms with E-state index in [1.807, 2.05) is 13.1 Å². The molecule has 1 nitrogen and oxygen atoms in total. The minimum absolute atomic E-state index is 0.385. The summed E-state index contributed by atoms with van der Waals surface area (Å²) >= 11 is 0. The van der Waals surface area contributed by atoms with Gasteiger partial charge in [0.2, 0.25) is 0 Å². The van der Waals surface area contributed by atoms with E-state index in [2.05, 4.69) is 36.5 Å². The molecule has 0 aliphatic heterocycles. The fourth-order valence-corrected chi connectivity index (χ4v) is 1.24. The minimum Gasteiger partial charge on any atom is -0.237 e. The van der Waals surface area contributed by atoms with Crippen LogP contribution in [0.4, 0.5) is 0 Å². The van der Waals surface area contributed by atoms with E-state index in [-0.39, 0.29) is 0 Å². The van der Waals surface area contributed by atoms with Crippen LogP contribution in [-0.4, -0.2) is 7.05 Å². The normalized spacial score (nSPS) is 12.9. The monoisotopic (exact) mass is 148 g/mol. The predicted octanol–water partition coefficient (Wildman–Crippen LogP) is 2.37. The first-order chi connectivity index (χ1) is 5.38. The molecule has 1 atom stereocenters. The van der Waals surface area contributed by atoms with Gasteiger partial charge in [0.15, 0.2) is 0 Å². The van der Waals surface area contributed by atoms with Gasteiger partial charge in [0, 0.05) is 13.1 Å². The number of benzene rings is 1. The third-order valence-electron chi connectivity index (χ3n) is 1.88. The summed E-state index contributed by atoms with van der Waals surface area (Å²) in [7, 11) is 1.88. The number of hydrogen-bond acceptors (Lipinski definition) is 0. The zero-order valence-electron chi connectivity index (χ0n) is 7.12. The number of rotatable bonds is 3. The third kappa shape index (κ3) is 2.05. The Balaban J connectivity index is 2.74. The summed E-state index contributed by atoms with van der Waals surface area (Å²) in [5.74, 6) is 0. The fraction of sp³-hybridized carbons (Fsp3) is 0.400. The summed E-state index contributed by atoms with van der Waals surface area (Å²) in [6.07, 6.45) is 1.08. The first-order valence-corrected chi connectivity index (χ1v) is 4.02. The standard InChI is InChI=1S/C10H14N/c1-3-10(11-2)9-7-5-4-6-8-9/h4-8,10H,3H2,1-2H3/t10-/m1/s1. The van der Waals surface area contributed by atoms with Gasteiger partial charge in [0.05, 0.1) is 0 Å². The second-order valence-electron chi connectivity index (χ2n) is 2.59. The summed E-state index contributed by atoms with van der Waals surface area (Å²) < 4.78 is 0. The lowest BCUT2D eigenvalue weighted by Crippen LogP contribution is -2.07. The van der Waals surface area contributed by atoms with Crippen molar-refractivity contribution in [2.75, 3.05) is 7.05 Å². The highest BCUT2D eigenvalue weighted by atomic mass is 14.9. The van der Waals surface area contributed by atoms with E-state index in [1.54, 1.807) is 0 Å². The van der Waals surface area contributed by atoms with E-state index >= 15 is 0 Å². The Bertz CT molecular complexity index is 189. The maximum Gasteiger partial charge on any atom is 0.0489 e. The molecule has 0 saturated carbocycles. The van der Waals surface area contributed by atoms with E-state index in [9.17, 15) is 0 Å². The molecule has 1 rings (SSSR count). The summed E-state index contributed by atoms with van der Waals surface area (Å²) in [4.78, 5) is 0. The van der Waals surface area contributed by atoms with Gasteiger partial charge in [-0.15, -0.1) is 0 Å². The van der Waals surface area contributed by atoms with Gasteiger partial charge < -0.3 is 0 Å². The smallest absolute Gasteiger partial charge is 0.0489 e. The molecular formula is C10H14N. The van der Waals surface area contributed by atoms with Gasteiger partial charge in [-0.3, -0.25) is 0 Å². The van der Waals surface area contributed by atoms with Gasteiger partial charge in [-0.2, -0.15) is 0 Å². The summed E-state index contributed by atoms with van der Waals surface area (Å²) in [5, 5.41) is 4.28. The Hall–Kier alpha value is -0.820. The molecule has 0 N–H and O–H groups in total. The number of nitrogens with zero attached hydrogens (tertiary/aromatic N) is 1. The van der Waals surface area contributed by atoms with Crippen molar-refractivity contribution in [3.8, 4) is 0 Å². The van der Waals surface area contributed by atoms with Crippen molar-refractivity contribution in [3.63, 3.8) is 0 Å². The minimum atomic E-state index is 0.385. The van der Waals surface area contributed by atoms with Crippen LogP contribution in [0.25, 0.3) is 0 Å². The van der Waals surface area contributed by atoms with Crippen molar-refractivity contribution < 1.29 is 0 Å². The lowest BCUT2D eigenvalue weighted by atomic mass is 10.1. The van der Waals surface area contributed by atoms with Crippen LogP contribution in [0.2, 0.25) is 0 Å². The van der Waals surface area contributed by atoms with Crippen LogP contribution >= 0.6 is 0 Å². The van der Waals surface area contributed by atoms with Crippen LogP contribution in [0.15, 0.2) is 30.3 Å². The van der Waals surface area contributed by atoms with Crippen LogP contribution in [0.5, 0.6) is 0 Å². The fourth-order valence-electron chi connectivity index (χ4n) is 1.24. The van der Waals surface area contributed by atoms with Crippen molar-refractivity contribution in [1.29, 1.82) is 0 Å². The second-order valence-corrected chi connectivity index (χ2v) is 2.59. The van der Waals surface area contributed by atoms with E-state index in [0.29, 0.717) is 6.04 Å². The quantitative estimate of drug-likeness (QED) is 0.625. The zero-order chi connectivity index (χ0) is 8.10. The van der Waals surface area contributed by atoms with Gasteiger partial charge in [-0.05, 0) is 12.0 Å². The maximum absolute atomic E-state index is 4.28. The molecule has 1 aromatic rings. The van der Waals surface area contributed by atoms with Crippen molar-refractivity contribution in [2.24, 2.45) is 0 Å². The van der Waals surface area contributed by atoms with E-state index in [1.165, 1.54) is 5.56 Å². The third-order valence-corrected chi connectivity index (χ3v) is 1.88. The van der Waals surface area contributed by atoms with Crippen molar-refractivity contribution in [2.45, 2.75) is 19.4 Å². The first kappa shape index (κ1) is 8.28. The molecule has 0 fully saturated rings. The molecule has 0 aromatic heterocycles. The highest BCUT2D eigenvalue weighted by Crippen LogP contribution is 2.15. The molecule has 1 aromatic carbocycles. The Kier molecular flexibility index (Phi) is 3.12. The van der Waals surface area contributed by atoms with Gasteiger partial charge >= 0.3 is 0 Å². The molecule has 1 radical (unpaired) electrons. The average molecular weight is 148 g/mol. The molecule has 0 spiro atoms. The summed E-state index contributed by atoms with van der Waals surface area (Å²) in [6.45, 7) is 2.16. The Labute approximate surface area is 68.4 Å². The van der Waals surface area contributed by atoms with Gasteiger partial charge in [0.1, 0.15) is 0 Å². The van der Waals surface area contributed by atoms with E-state index in [0.717, 1.165) is 6.42 Å². The maximum atomic E-state index is 4.28. The first-order valence-electron chi connectivity index (χ1n) is 4.02. The molecule has 0 heterocycles. The molecule has 0 amide bonds. The van der Waals surface area contributed by atoms with Crippen molar-refractivity contribution >= 4 is 0 Å². The summed E-state index contributed by atoms with van der Waals surface area (Å²) in [5.41, 5.74) is 1.32. The molecular weight excluding hydrogens is 134 g/mol.